The Balaban J connectivity index is 1.36. The van der Waals surface area contributed by atoms with Crippen LogP contribution in [0, 0.1) is 0 Å². The van der Waals surface area contributed by atoms with E-state index in [1.807, 2.05) is 0 Å². The van der Waals surface area contributed by atoms with Gasteiger partial charge in [-0.1, -0.05) is 23.7 Å². The number of hydrogen-bond acceptors (Lipinski definition) is 6. The topological polar surface area (TPSA) is 94.2 Å². The van der Waals surface area contributed by atoms with Crippen molar-refractivity contribution in [3.8, 4) is 17.2 Å². The van der Waals surface area contributed by atoms with Gasteiger partial charge in [-0.3, -0.25) is 9.10 Å². The van der Waals surface area contributed by atoms with Crippen LogP contribution in [0.5, 0.6) is 17.2 Å². The summed E-state index contributed by atoms with van der Waals surface area (Å²) in [4.78, 5) is 12.3. The molecule has 3 aromatic carbocycles. The van der Waals surface area contributed by atoms with Crippen LogP contribution in [-0.4, -0.2) is 40.4 Å². The molecule has 0 unspecified atom stereocenters. The van der Waals surface area contributed by atoms with Gasteiger partial charge >= 0.3 is 0 Å². The van der Waals surface area contributed by atoms with Gasteiger partial charge in [0, 0.05) is 16.8 Å². The summed E-state index contributed by atoms with van der Waals surface area (Å²) in [6.07, 6.45) is 1.15. The smallest absolute Gasteiger partial charge is 0.262 e. The Morgan fingerprint density at radius 2 is 1.68 bits per heavy atom. The molecule has 3 aromatic rings. The van der Waals surface area contributed by atoms with Crippen LogP contribution in [0.1, 0.15) is 5.56 Å². The summed E-state index contributed by atoms with van der Waals surface area (Å²) in [5, 5.41) is 3.32. The quantitative estimate of drug-likeness (QED) is 0.498. The molecule has 4 rings (SSSR count). The van der Waals surface area contributed by atoms with E-state index in [0.29, 0.717) is 46.9 Å². The van der Waals surface area contributed by atoms with Crippen LogP contribution >= 0.6 is 11.6 Å². The zero-order valence-corrected chi connectivity index (χ0v) is 19.9. The van der Waals surface area contributed by atoms with Crippen LogP contribution < -0.4 is 23.8 Å². The number of benzene rings is 3. The average molecular weight is 503 g/mol. The number of sulfonamides is 1. The van der Waals surface area contributed by atoms with Gasteiger partial charge in [0.25, 0.3) is 5.91 Å². The first-order chi connectivity index (χ1) is 16.3. The maximum Gasteiger partial charge on any atom is 0.262 e. The molecule has 1 aliphatic heterocycles. The average Bonchev–Trinajstić information content (AvgIpc) is 2.82. The number of nitrogens with zero attached hydrogens (tertiary/aromatic N) is 1. The van der Waals surface area contributed by atoms with Crippen LogP contribution in [0.4, 0.5) is 11.4 Å². The fourth-order valence-corrected chi connectivity index (χ4v) is 4.35. The van der Waals surface area contributed by atoms with Crippen molar-refractivity contribution in [2.45, 2.75) is 6.54 Å². The molecule has 8 nitrogen and oxygen atoms in total. The van der Waals surface area contributed by atoms with Crippen LogP contribution in [0.15, 0.2) is 66.7 Å². The van der Waals surface area contributed by atoms with Gasteiger partial charge in [0.05, 0.1) is 18.5 Å². The molecular weight excluding hydrogens is 480 g/mol. The van der Waals surface area contributed by atoms with Crippen LogP contribution in [0.2, 0.25) is 5.02 Å². The van der Waals surface area contributed by atoms with E-state index in [9.17, 15) is 13.2 Å². The van der Waals surface area contributed by atoms with Gasteiger partial charge in [-0.25, -0.2) is 8.42 Å². The minimum Gasteiger partial charge on any atom is -0.486 e. The zero-order valence-electron chi connectivity index (χ0n) is 18.4. The van der Waals surface area contributed by atoms with Crippen LogP contribution in [0.3, 0.4) is 0 Å². The third kappa shape index (κ3) is 6.12. The van der Waals surface area contributed by atoms with Crippen molar-refractivity contribution in [3.63, 3.8) is 0 Å². The number of nitrogens with one attached hydrogen (secondary N) is 1. The van der Waals surface area contributed by atoms with E-state index in [-0.39, 0.29) is 19.1 Å². The molecule has 1 heterocycles. The molecule has 0 saturated heterocycles. The summed E-state index contributed by atoms with van der Waals surface area (Å²) < 4.78 is 42.5. The molecule has 0 radical (unpaired) electrons. The second-order valence-corrected chi connectivity index (χ2v) is 9.93. The molecule has 178 valence electrons. The number of hydrogen-bond donors (Lipinski definition) is 1. The Labute approximate surface area is 203 Å². The van der Waals surface area contributed by atoms with E-state index >= 15 is 0 Å². The second-order valence-electron chi connectivity index (χ2n) is 7.59. The van der Waals surface area contributed by atoms with Crippen LogP contribution in [0.25, 0.3) is 0 Å². The summed E-state index contributed by atoms with van der Waals surface area (Å²) in [6, 6.07) is 18.6. The first-order valence-corrected chi connectivity index (χ1v) is 12.6. The molecule has 1 aliphatic rings. The Morgan fingerprint density at radius 1 is 1.00 bits per heavy atom. The number of amides is 1. The lowest BCUT2D eigenvalue weighted by atomic mass is 10.2. The van der Waals surface area contributed by atoms with Crippen molar-refractivity contribution in [1.29, 1.82) is 0 Å². The molecule has 10 heteroatoms. The molecule has 1 N–H and O–H groups in total. The number of anilines is 2. The number of ether oxygens (including phenoxy) is 3. The summed E-state index contributed by atoms with van der Waals surface area (Å²) in [5.74, 6) is 1.30. The van der Waals surface area contributed by atoms with Crippen molar-refractivity contribution >= 4 is 38.9 Å². The fraction of sp³-hybridized carbons (Fsp3) is 0.208. The van der Waals surface area contributed by atoms with Gasteiger partial charge in [-0.05, 0) is 54.1 Å². The number of rotatable bonds is 8. The van der Waals surface area contributed by atoms with Gasteiger partial charge in [-0.15, -0.1) is 0 Å². The molecule has 0 atom stereocenters. The summed E-state index contributed by atoms with van der Waals surface area (Å²) in [5.41, 5.74) is 1.84. The molecule has 0 bridgehead atoms. The number of halogens is 1. The predicted octanol–water partition coefficient (Wildman–Crippen LogP) is 4.09. The molecule has 0 aliphatic carbocycles. The summed E-state index contributed by atoms with van der Waals surface area (Å²) >= 11 is 5.91. The normalized spacial score (nSPS) is 12.6. The number of carbonyl (C=O) groups excluding carboxylic acids is 1. The van der Waals surface area contributed by atoms with Gasteiger partial charge in [-0.2, -0.15) is 0 Å². The van der Waals surface area contributed by atoms with Gasteiger partial charge in [0.1, 0.15) is 19.0 Å². The molecule has 1 amide bonds. The second kappa shape index (κ2) is 10.2. The van der Waals surface area contributed by atoms with E-state index < -0.39 is 10.0 Å². The first kappa shape index (κ1) is 23.7. The summed E-state index contributed by atoms with van der Waals surface area (Å²) in [7, 11) is -3.53. The minimum atomic E-state index is -3.53. The lowest BCUT2D eigenvalue weighted by Crippen LogP contribution is -2.29. The standard InChI is InChI=1S/C24H23ClN2O6S/c1-34(29,30)27(15-17-2-4-18(25)5-3-17)20-7-9-21(10-8-20)33-16-24(28)26-19-6-11-22-23(14-19)32-13-12-31-22/h2-11,14H,12-13,15-16H2,1H3,(H,26,28). The zero-order chi connectivity index (χ0) is 24.1. The highest BCUT2D eigenvalue weighted by Crippen LogP contribution is 2.32. The van der Waals surface area contributed by atoms with Crippen LogP contribution in [-0.2, 0) is 21.4 Å². The minimum absolute atomic E-state index is 0.161. The van der Waals surface area contributed by atoms with Crippen molar-refractivity contribution < 1.29 is 27.4 Å². The number of fused-ring (bicyclic) bond motifs is 1. The Bertz CT molecular complexity index is 1260. The van der Waals surface area contributed by atoms with E-state index in [1.165, 1.54) is 4.31 Å². The molecule has 0 aromatic heterocycles. The Kier molecular flexibility index (Phi) is 7.14. The van der Waals surface area contributed by atoms with Crippen molar-refractivity contribution in [2.24, 2.45) is 0 Å². The highest BCUT2D eigenvalue weighted by Gasteiger charge is 2.18. The lowest BCUT2D eigenvalue weighted by molar-refractivity contribution is -0.118. The summed E-state index contributed by atoms with van der Waals surface area (Å²) in [6.45, 7) is 0.900. The van der Waals surface area contributed by atoms with Crippen molar-refractivity contribution in [2.75, 3.05) is 35.7 Å². The first-order valence-electron chi connectivity index (χ1n) is 10.4. The molecule has 0 fully saturated rings. The molecule has 0 spiro atoms. The Hall–Kier alpha value is -3.43. The van der Waals surface area contributed by atoms with Gasteiger partial charge < -0.3 is 19.5 Å². The van der Waals surface area contributed by atoms with E-state index in [1.54, 1.807) is 66.7 Å². The largest absolute Gasteiger partial charge is 0.486 e. The van der Waals surface area contributed by atoms with Gasteiger partial charge in [0.2, 0.25) is 10.0 Å². The van der Waals surface area contributed by atoms with Gasteiger partial charge in [0.15, 0.2) is 18.1 Å². The van der Waals surface area contributed by atoms with E-state index in [2.05, 4.69) is 5.32 Å². The predicted molar refractivity (Wildman–Crippen MR) is 130 cm³/mol. The highest BCUT2D eigenvalue weighted by atomic mass is 35.5. The third-order valence-corrected chi connectivity index (χ3v) is 6.35. The fourth-order valence-electron chi connectivity index (χ4n) is 3.33. The van der Waals surface area contributed by atoms with E-state index in [4.69, 9.17) is 25.8 Å². The molecular formula is C24H23ClN2O6S. The maximum absolute atomic E-state index is 12.4. The Morgan fingerprint density at radius 3 is 2.35 bits per heavy atom. The monoisotopic (exact) mass is 502 g/mol. The van der Waals surface area contributed by atoms with Crippen molar-refractivity contribution in [3.05, 3.63) is 77.3 Å². The maximum atomic E-state index is 12.4. The van der Waals surface area contributed by atoms with E-state index in [0.717, 1.165) is 11.8 Å². The molecule has 0 saturated carbocycles. The SMILES string of the molecule is CS(=O)(=O)N(Cc1ccc(Cl)cc1)c1ccc(OCC(=O)Nc2ccc3c(c2)OCCO3)cc1. The third-order valence-electron chi connectivity index (χ3n) is 4.96. The highest BCUT2D eigenvalue weighted by molar-refractivity contribution is 7.92. The number of carbonyl (C=O) groups is 1. The molecule has 34 heavy (non-hydrogen) atoms. The lowest BCUT2D eigenvalue weighted by Gasteiger charge is -2.23. The van der Waals surface area contributed by atoms with Crippen molar-refractivity contribution in [1.82, 2.24) is 0 Å².